The highest BCUT2D eigenvalue weighted by Gasteiger charge is 2.36. The van der Waals surface area contributed by atoms with Crippen LogP contribution in [-0.2, 0) is 10.7 Å². The molecule has 132 valence electrons. The third kappa shape index (κ3) is 2.56. The predicted molar refractivity (Wildman–Crippen MR) is 89.5 cm³/mol. The first-order valence-corrected chi connectivity index (χ1v) is 8.34. The number of pyridine rings is 1. The summed E-state index contributed by atoms with van der Waals surface area (Å²) in [6.07, 6.45) is 4.53. The van der Waals surface area contributed by atoms with Crippen molar-refractivity contribution in [3.8, 4) is 0 Å². The van der Waals surface area contributed by atoms with Gasteiger partial charge in [0, 0.05) is 44.6 Å². The van der Waals surface area contributed by atoms with Crippen molar-refractivity contribution >= 4 is 28.0 Å². The van der Waals surface area contributed by atoms with Gasteiger partial charge in [-0.2, -0.15) is 8.78 Å². The Morgan fingerprint density at radius 3 is 2.72 bits per heavy atom. The van der Waals surface area contributed by atoms with Crippen LogP contribution in [0.15, 0.2) is 18.5 Å². The summed E-state index contributed by atoms with van der Waals surface area (Å²) < 4.78 is 30.2. The number of halogens is 2. The van der Waals surface area contributed by atoms with Crippen LogP contribution >= 0.6 is 0 Å². The summed E-state index contributed by atoms with van der Waals surface area (Å²) in [6, 6.07) is 1.72. The van der Waals surface area contributed by atoms with Gasteiger partial charge < -0.3 is 14.5 Å². The number of hydrogen-bond donors (Lipinski definition) is 1. The van der Waals surface area contributed by atoms with Gasteiger partial charge >= 0.3 is 5.92 Å². The van der Waals surface area contributed by atoms with Crippen molar-refractivity contribution in [1.29, 1.82) is 0 Å². The highest BCUT2D eigenvalue weighted by Crippen LogP contribution is 2.37. The summed E-state index contributed by atoms with van der Waals surface area (Å²) in [5, 5.41) is 0.787. The predicted octanol–water partition coefficient (Wildman–Crippen LogP) is 3.21. The van der Waals surface area contributed by atoms with Gasteiger partial charge in [0.25, 0.3) is 0 Å². The fourth-order valence-corrected chi connectivity index (χ4v) is 3.70. The smallest absolute Gasteiger partial charge is 0.302 e. The van der Waals surface area contributed by atoms with E-state index in [4.69, 9.17) is 0 Å². The molecule has 4 heterocycles. The third-order valence-corrected chi connectivity index (χ3v) is 4.90. The number of carbonyl (C=O) groups is 1. The fourth-order valence-electron chi connectivity index (χ4n) is 3.70. The van der Waals surface area contributed by atoms with Crippen LogP contribution in [0.5, 0.6) is 0 Å². The summed E-state index contributed by atoms with van der Waals surface area (Å²) in [6.45, 7) is 3.54. The number of likely N-dealkylation sites (tertiary alicyclic amines) is 1. The first-order chi connectivity index (χ1) is 11.9. The van der Waals surface area contributed by atoms with E-state index in [1.807, 2.05) is 6.07 Å². The maximum absolute atomic E-state index is 14.3. The number of hydrogen-bond acceptors (Lipinski definition) is 3. The monoisotopic (exact) mass is 347 g/mol. The average molecular weight is 347 g/mol. The summed E-state index contributed by atoms with van der Waals surface area (Å²) in [5.41, 5.74) is 1.81. The van der Waals surface area contributed by atoms with E-state index in [2.05, 4.69) is 15.0 Å². The summed E-state index contributed by atoms with van der Waals surface area (Å²) in [4.78, 5) is 24.8. The lowest BCUT2D eigenvalue weighted by molar-refractivity contribution is -0.130. The molecule has 25 heavy (non-hydrogen) atoms. The second-order valence-electron chi connectivity index (χ2n) is 6.66. The highest BCUT2D eigenvalue weighted by atomic mass is 19.3. The minimum absolute atomic E-state index is 0.0206. The zero-order valence-electron chi connectivity index (χ0n) is 14.1. The van der Waals surface area contributed by atoms with Crippen LogP contribution in [0.3, 0.4) is 0 Å². The quantitative estimate of drug-likeness (QED) is 0.774. The molecule has 0 aromatic carbocycles. The van der Waals surface area contributed by atoms with E-state index in [-0.39, 0.29) is 17.8 Å². The van der Waals surface area contributed by atoms with Crippen molar-refractivity contribution in [2.45, 2.75) is 38.7 Å². The van der Waals surface area contributed by atoms with Crippen LogP contribution in [-0.4, -0.2) is 43.4 Å². The van der Waals surface area contributed by atoms with Crippen molar-refractivity contribution in [3.63, 3.8) is 0 Å². The molecule has 1 amide bonds. The van der Waals surface area contributed by atoms with Crippen LogP contribution in [0.2, 0.25) is 0 Å². The van der Waals surface area contributed by atoms with Crippen molar-refractivity contribution in [1.82, 2.24) is 24.4 Å². The number of rotatable bonds is 2. The number of nitrogens with zero attached hydrogens (tertiary/aromatic N) is 4. The molecule has 4 rings (SSSR count). The molecule has 0 unspecified atom stereocenters. The number of imidazole rings is 1. The summed E-state index contributed by atoms with van der Waals surface area (Å²) >= 11 is 0. The molecular formula is C17H19F2N5O. The summed E-state index contributed by atoms with van der Waals surface area (Å²) in [5.74, 6) is -3.27. The first kappa shape index (κ1) is 16.0. The number of aromatic nitrogens is 4. The first-order valence-electron chi connectivity index (χ1n) is 8.34. The van der Waals surface area contributed by atoms with E-state index in [1.165, 1.54) is 13.1 Å². The highest BCUT2D eigenvalue weighted by molar-refractivity contribution is 6.01. The largest absolute Gasteiger partial charge is 0.346 e. The van der Waals surface area contributed by atoms with Gasteiger partial charge in [0.15, 0.2) is 5.82 Å². The van der Waals surface area contributed by atoms with E-state index < -0.39 is 5.92 Å². The van der Waals surface area contributed by atoms with Gasteiger partial charge in [-0.05, 0) is 18.9 Å². The number of nitrogens with one attached hydrogen (secondary N) is 1. The Morgan fingerprint density at radius 2 is 2.08 bits per heavy atom. The number of H-pyrrole nitrogens is 1. The lowest BCUT2D eigenvalue weighted by atomic mass is 10.0. The minimum Gasteiger partial charge on any atom is -0.346 e. The van der Waals surface area contributed by atoms with Crippen LogP contribution in [0, 0.1) is 0 Å². The minimum atomic E-state index is -3.06. The van der Waals surface area contributed by atoms with Gasteiger partial charge in [-0.25, -0.2) is 9.97 Å². The molecule has 1 aliphatic heterocycles. The molecule has 3 aromatic heterocycles. The fraction of sp³-hybridized carbons (Fsp3) is 0.471. The number of amides is 1. The van der Waals surface area contributed by atoms with Gasteiger partial charge in [0.2, 0.25) is 5.91 Å². The van der Waals surface area contributed by atoms with Crippen LogP contribution in [0.1, 0.15) is 38.6 Å². The lowest BCUT2D eigenvalue weighted by Crippen LogP contribution is -2.38. The molecule has 6 nitrogen and oxygen atoms in total. The van der Waals surface area contributed by atoms with E-state index in [0.717, 1.165) is 12.3 Å². The third-order valence-electron chi connectivity index (χ3n) is 4.90. The second kappa shape index (κ2) is 5.50. The van der Waals surface area contributed by atoms with Crippen molar-refractivity contribution < 1.29 is 13.6 Å². The van der Waals surface area contributed by atoms with Gasteiger partial charge in [-0.15, -0.1) is 0 Å². The molecule has 3 aromatic rings. The van der Waals surface area contributed by atoms with Crippen LogP contribution < -0.4 is 0 Å². The Hall–Kier alpha value is -2.51. The van der Waals surface area contributed by atoms with Crippen molar-refractivity contribution in [2.24, 2.45) is 0 Å². The van der Waals surface area contributed by atoms with Crippen molar-refractivity contribution in [3.05, 3.63) is 24.3 Å². The Kier molecular flexibility index (Phi) is 3.52. The second-order valence-corrected chi connectivity index (χ2v) is 6.66. The van der Waals surface area contributed by atoms with Gasteiger partial charge in [-0.1, -0.05) is 0 Å². The van der Waals surface area contributed by atoms with Crippen LogP contribution in [0.25, 0.3) is 22.1 Å². The standard InChI is InChI=1S/C17H19F2N5O/c1-10(25)23-7-4-11(5-8-23)24-14-12-3-6-20-15(12)21-9-13(14)22-16(24)17(2,18)19/h3,6,9,11H,4-5,7-8H2,1-2H3,(H,20,21). The van der Waals surface area contributed by atoms with E-state index in [0.29, 0.717) is 42.6 Å². The number of piperidine rings is 1. The number of alkyl halides is 2. The Balaban J connectivity index is 1.88. The molecule has 8 heteroatoms. The Bertz CT molecular complexity index is 947. The van der Waals surface area contributed by atoms with Gasteiger partial charge in [0.1, 0.15) is 11.2 Å². The Labute approximate surface area is 142 Å². The molecule has 1 saturated heterocycles. The average Bonchev–Trinajstić information content (AvgIpc) is 3.18. The molecular weight excluding hydrogens is 328 g/mol. The maximum atomic E-state index is 14.3. The number of aromatic amines is 1. The number of fused-ring (bicyclic) bond motifs is 3. The van der Waals surface area contributed by atoms with E-state index >= 15 is 0 Å². The molecule has 0 atom stereocenters. The van der Waals surface area contributed by atoms with E-state index in [1.54, 1.807) is 15.7 Å². The molecule has 0 aliphatic carbocycles. The van der Waals surface area contributed by atoms with E-state index in [9.17, 15) is 13.6 Å². The molecule has 0 radical (unpaired) electrons. The Morgan fingerprint density at radius 1 is 1.36 bits per heavy atom. The van der Waals surface area contributed by atoms with Gasteiger partial charge in [0.05, 0.1) is 11.7 Å². The lowest BCUT2D eigenvalue weighted by Gasteiger charge is -2.33. The molecule has 1 aliphatic rings. The normalized spacial score (nSPS) is 16.9. The molecule has 1 N–H and O–H groups in total. The van der Waals surface area contributed by atoms with Crippen LogP contribution in [0.4, 0.5) is 8.78 Å². The molecule has 1 fully saturated rings. The summed E-state index contributed by atoms with van der Waals surface area (Å²) in [7, 11) is 0. The molecule has 0 bridgehead atoms. The molecule has 0 spiro atoms. The number of carbonyl (C=O) groups excluding carboxylic acids is 1. The topological polar surface area (TPSA) is 66.8 Å². The van der Waals surface area contributed by atoms with Crippen molar-refractivity contribution in [2.75, 3.05) is 13.1 Å². The van der Waals surface area contributed by atoms with Gasteiger partial charge in [-0.3, -0.25) is 4.79 Å². The molecule has 0 saturated carbocycles. The zero-order valence-corrected chi connectivity index (χ0v) is 14.1. The zero-order chi connectivity index (χ0) is 17.8. The SMILES string of the molecule is CC(=O)N1CCC(n2c(C(C)(F)F)nc3cnc4[nH]ccc4c32)CC1. The maximum Gasteiger partial charge on any atom is 0.302 e.